The maximum Gasteiger partial charge on any atom is 0.260 e. The van der Waals surface area contributed by atoms with E-state index in [0.29, 0.717) is 5.75 Å². The lowest BCUT2D eigenvalue weighted by Crippen LogP contribution is -2.48. The Kier molecular flexibility index (Phi) is 6.36. The second kappa shape index (κ2) is 10.1. The molecule has 1 amide bonds. The molecular weight excluding hydrogens is 466 g/mol. The van der Waals surface area contributed by atoms with Crippen molar-refractivity contribution in [2.45, 2.75) is 18.6 Å². The highest BCUT2D eigenvalue weighted by Gasteiger charge is 2.25. The van der Waals surface area contributed by atoms with Gasteiger partial charge in [0.1, 0.15) is 17.8 Å². The van der Waals surface area contributed by atoms with E-state index in [1.807, 2.05) is 47.5 Å². The molecular formula is C28H31N7O2. The number of amides is 1. The molecule has 0 spiro atoms. The molecule has 1 aromatic heterocycles. The molecule has 2 unspecified atom stereocenters. The molecule has 1 fully saturated rings. The van der Waals surface area contributed by atoms with Crippen molar-refractivity contribution in [1.82, 2.24) is 25.3 Å². The molecule has 3 aromatic rings. The van der Waals surface area contributed by atoms with Crippen LogP contribution in [0.2, 0.25) is 0 Å². The van der Waals surface area contributed by atoms with Gasteiger partial charge in [0.15, 0.2) is 6.61 Å². The second-order valence-electron chi connectivity index (χ2n) is 9.74. The van der Waals surface area contributed by atoms with Crippen LogP contribution >= 0.6 is 0 Å². The number of ether oxygens (including phenoxy) is 1. The van der Waals surface area contributed by atoms with E-state index in [9.17, 15) is 4.79 Å². The lowest BCUT2D eigenvalue weighted by molar-refractivity contribution is -0.134. The van der Waals surface area contributed by atoms with Crippen LogP contribution in [-0.4, -0.2) is 77.6 Å². The van der Waals surface area contributed by atoms with Gasteiger partial charge in [0, 0.05) is 43.0 Å². The first-order chi connectivity index (χ1) is 18.1. The fraction of sp³-hybridized carbons (Fsp3) is 0.321. The highest BCUT2D eigenvalue weighted by molar-refractivity contribution is 6.05. The fourth-order valence-corrected chi connectivity index (χ4v) is 4.95. The molecule has 3 N–H and O–H groups in total. The molecule has 190 valence electrons. The minimum absolute atomic E-state index is 0.0223. The van der Waals surface area contributed by atoms with Gasteiger partial charge in [-0.3, -0.25) is 9.89 Å². The van der Waals surface area contributed by atoms with Crippen molar-refractivity contribution in [3.8, 4) is 5.75 Å². The number of carbonyl (C=O) groups excluding carboxylic acids is 1. The smallest absolute Gasteiger partial charge is 0.260 e. The first kappa shape index (κ1) is 23.3. The molecule has 2 aromatic carbocycles. The number of carbonyl (C=O) groups is 1. The molecule has 3 aliphatic rings. The van der Waals surface area contributed by atoms with E-state index < -0.39 is 0 Å². The molecule has 0 bridgehead atoms. The van der Waals surface area contributed by atoms with Crippen molar-refractivity contribution < 1.29 is 9.53 Å². The number of anilines is 1. The van der Waals surface area contributed by atoms with Crippen molar-refractivity contribution in [2.75, 3.05) is 45.2 Å². The van der Waals surface area contributed by atoms with Crippen molar-refractivity contribution in [2.24, 2.45) is 4.99 Å². The van der Waals surface area contributed by atoms with Crippen LogP contribution in [-0.2, 0) is 11.2 Å². The van der Waals surface area contributed by atoms with Crippen molar-refractivity contribution >= 4 is 23.5 Å². The number of hydrogen-bond acceptors (Lipinski definition) is 7. The van der Waals surface area contributed by atoms with Gasteiger partial charge in [-0.15, -0.1) is 0 Å². The molecule has 1 saturated heterocycles. The third kappa shape index (κ3) is 5.08. The number of nitrogens with one attached hydrogen (secondary N) is 3. The van der Waals surface area contributed by atoms with E-state index in [0.717, 1.165) is 60.9 Å². The number of likely N-dealkylation sites (N-methyl/N-ethyl adjacent to an activating group) is 1. The Morgan fingerprint density at radius 1 is 1.14 bits per heavy atom. The number of amidine groups is 1. The quantitative estimate of drug-likeness (QED) is 0.502. The summed E-state index contributed by atoms with van der Waals surface area (Å²) < 4.78 is 5.91. The van der Waals surface area contributed by atoms with Crippen LogP contribution in [0.1, 0.15) is 28.6 Å². The van der Waals surface area contributed by atoms with Gasteiger partial charge >= 0.3 is 0 Å². The number of para-hydroxylation sites is 1. The number of aliphatic imine (C=N–C) groups is 1. The molecule has 0 radical (unpaired) electrons. The van der Waals surface area contributed by atoms with Crippen LogP contribution in [0.5, 0.6) is 5.75 Å². The van der Waals surface area contributed by atoms with E-state index >= 15 is 0 Å². The summed E-state index contributed by atoms with van der Waals surface area (Å²) in [4.78, 5) is 21.8. The summed E-state index contributed by atoms with van der Waals surface area (Å²) in [5.41, 5.74) is 5.28. The Labute approximate surface area is 216 Å². The average molecular weight is 498 g/mol. The normalized spacial score (nSPS) is 20.9. The number of H-pyrrole nitrogens is 1. The lowest BCUT2D eigenvalue weighted by Gasteiger charge is -2.32. The van der Waals surface area contributed by atoms with Gasteiger partial charge in [0.05, 0.1) is 17.9 Å². The van der Waals surface area contributed by atoms with Crippen LogP contribution in [0, 0.1) is 0 Å². The summed E-state index contributed by atoms with van der Waals surface area (Å²) >= 11 is 0. The Balaban J connectivity index is 1.17. The molecule has 2 aliphatic heterocycles. The second-order valence-corrected chi connectivity index (χ2v) is 9.74. The van der Waals surface area contributed by atoms with E-state index in [2.05, 4.69) is 57.1 Å². The predicted molar refractivity (Wildman–Crippen MR) is 144 cm³/mol. The van der Waals surface area contributed by atoms with Crippen LogP contribution in [0.15, 0.2) is 65.8 Å². The topological polar surface area (TPSA) is 97.9 Å². The minimum Gasteiger partial charge on any atom is -0.484 e. The summed E-state index contributed by atoms with van der Waals surface area (Å²) in [6.45, 7) is 3.31. The summed E-state index contributed by atoms with van der Waals surface area (Å²) in [6, 6.07) is 16.1. The van der Waals surface area contributed by atoms with E-state index in [4.69, 9.17) is 9.73 Å². The Morgan fingerprint density at radius 2 is 2.00 bits per heavy atom. The van der Waals surface area contributed by atoms with Gasteiger partial charge in [0.2, 0.25) is 0 Å². The summed E-state index contributed by atoms with van der Waals surface area (Å²) in [5, 5.41) is 14.4. The first-order valence-electron chi connectivity index (χ1n) is 12.7. The third-order valence-electron chi connectivity index (χ3n) is 7.13. The molecule has 6 rings (SSSR count). The zero-order valence-corrected chi connectivity index (χ0v) is 20.9. The van der Waals surface area contributed by atoms with Gasteiger partial charge < -0.3 is 25.2 Å². The molecule has 3 heterocycles. The van der Waals surface area contributed by atoms with Gasteiger partial charge in [-0.05, 0) is 49.4 Å². The maximum atomic E-state index is 12.6. The van der Waals surface area contributed by atoms with Gasteiger partial charge in [-0.25, -0.2) is 4.99 Å². The molecule has 37 heavy (non-hydrogen) atoms. The number of aromatic nitrogens is 2. The Bertz CT molecular complexity index is 1340. The zero-order valence-electron chi connectivity index (χ0n) is 20.9. The highest BCUT2D eigenvalue weighted by Crippen LogP contribution is 2.31. The highest BCUT2D eigenvalue weighted by atomic mass is 16.5. The Hall–Kier alpha value is -4.11. The largest absolute Gasteiger partial charge is 0.484 e. The van der Waals surface area contributed by atoms with Crippen molar-refractivity contribution in [1.29, 1.82) is 0 Å². The van der Waals surface area contributed by atoms with Crippen molar-refractivity contribution in [3.05, 3.63) is 83.2 Å². The average Bonchev–Trinajstić information content (AvgIpc) is 3.40. The minimum atomic E-state index is -0.286. The van der Waals surface area contributed by atoms with Gasteiger partial charge in [-0.2, -0.15) is 5.10 Å². The monoisotopic (exact) mass is 497 g/mol. The zero-order chi connectivity index (χ0) is 25.2. The van der Waals surface area contributed by atoms with E-state index in [1.54, 1.807) is 0 Å². The molecule has 9 heteroatoms. The standard InChI is InChI=1S/C28H31N7O2/c1-34-11-13-35(14-12-34)26(36)18-37-22-6-4-5-19(16-22)27-31-25-8-3-2-7-23(25)28(32-27)30-21-9-10-24-20(15-21)17-29-33-24/h2-10,16-17,21,27,31H,11-15,18H2,1H3,(H,29,33)(H,30,32). The third-order valence-corrected chi connectivity index (χ3v) is 7.13. The molecule has 1 aliphatic carbocycles. The van der Waals surface area contributed by atoms with E-state index in [1.165, 1.54) is 5.56 Å². The van der Waals surface area contributed by atoms with Crippen LogP contribution in [0.25, 0.3) is 6.08 Å². The summed E-state index contributed by atoms with van der Waals surface area (Å²) in [7, 11) is 2.08. The summed E-state index contributed by atoms with van der Waals surface area (Å²) in [6.07, 6.45) is 6.65. The summed E-state index contributed by atoms with van der Waals surface area (Å²) in [5.74, 6) is 1.53. The number of piperazine rings is 1. The van der Waals surface area contributed by atoms with Crippen LogP contribution in [0.3, 0.4) is 0 Å². The number of benzene rings is 2. The van der Waals surface area contributed by atoms with E-state index in [-0.39, 0.29) is 24.7 Å². The number of fused-ring (bicyclic) bond motifs is 2. The van der Waals surface area contributed by atoms with Crippen LogP contribution in [0.4, 0.5) is 5.69 Å². The van der Waals surface area contributed by atoms with Gasteiger partial charge in [0.25, 0.3) is 5.91 Å². The lowest BCUT2D eigenvalue weighted by atomic mass is 9.99. The SMILES string of the molecule is CN1CCN(C(=O)COc2cccc(C3N=C(NC4C=Cc5[nH]ncc5C4)c4ccccc4N3)c2)CC1. The number of nitrogens with zero attached hydrogens (tertiary/aromatic N) is 4. The number of aromatic amines is 1. The first-order valence-corrected chi connectivity index (χ1v) is 12.7. The molecule has 9 nitrogen and oxygen atoms in total. The predicted octanol–water partition coefficient (Wildman–Crippen LogP) is 2.66. The van der Waals surface area contributed by atoms with Gasteiger partial charge in [-0.1, -0.05) is 30.3 Å². The number of hydrogen-bond donors (Lipinski definition) is 3. The fourth-order valence-electron chi connectivity index (χ4n) is 4.95. The molecule has 0 saturated carbocycles. The maximum absolute atomic E-state index is 12.6. The molecule has 2 atom stereocenters. The number of rotatable bonds is 5. The van der Waals surface area contributed by atoms with Crippen molar-refractivity contribution in [3.63, 3.8) is 0 Å². The Morgan fingerprint density at radius 3 is 2.89 bits per heavy atom. The van der Waals surface area contributed by atoms with Crippen LogP contribution < -0.4 is 15.4 Å².